The van der Waals surface area contributed by atoms with Crippen molar-refractivity contribution in [3.8, 4) is 0 Å². The maximum absolute atomic E-state index is 11.8. The fourth-order valence-electron chi connectivity index (χ4n) is 1.79. The smallest absolute Gasteiger partial charge is 0.331 e. The zero-order chi connectivity index (χ0) is 15.9. The van der Waals surface area contributed by atoms with Gasteiger partial charge in [0.15, 0.2) is 6.61 Å². The second-order valence-corrected chi connectivity index (χ2v) is 5.57. The van der Waals surface area contributed by atoms with E-state index in [2.05, 4.69) is 5.32 Å². The van der Waals surface area contributed by atoms with E-state index in [0.29, 0.717) is 0 Å². The van der Waals surface area contributed by atoms with Crippen LogP contribution in [0.15, 0.2) is 41.1 Å². The summed E-state index contributed by atoms with van der Waals surface area (Å²) < 4.78 is 4.91. The number of anilines is 1. The highest BCUT2D eigenvalue weighted by atomic mass is 32.1. The van der Waals surface area contributed by atoms with Crippen LogP contribution in [-0.4, -0.2) is 18.5 Å². The standard InChI is InChI=1S/C17H17NO3S/c1-12-4-3-5-15(13(12)2)18-16(19)10-21-17(20)7-6-14-8-9-22-11-14/h3-9,11H,10H2,1-2H3,(H,18,19)/b7-6+. The number of rotatable bonds is 5. The molecular weight excluding hydrogens is 298 g/mol. The van der Waals surface area contributed by atoms with Crippen molar-refractivity contribution in [2.75, 3.05) is 11.9 Å². The molecule has 5 heteroatoms. The Morgan fingerprint density at radius 1 is 1.27 bits per heavy atom. The van der Waals surface area contributed by atoms with Gasteiger partial charge >= 0.3 is 5.97 Å². The van der Waals surface area contributed by atoms with Crippen LogP contribution in [0.3, 0.4) is 0 Å². The molecule has 2 rings (SSSR count). The molecular formula is C17H17NO3S. The molecule has 1 amide bonds. The van der Waals surface area contributed by atoms with Crippen LogP contribution in [0.25, 0.3) is 6.08 Å². The molecule has 0 fully saturated rings. The predicted molar refractivity (Wildman–Crippen MR) is 88.9 cm³/mol. The number of nitrogens with one attached hydrogen (secondary N) is 1. The zero-order valence-electron chi connectivity index (χ0n) is 12.5. The molecule has 0 aliphatic rings. The van der Waals surface area contributed by atoms with E-state index >= 15 is 0 Å². The number of carbonyl (C=O) groups is 2. The average molecular weight is 315 g/mol. The zero-order valence-corrected chi connectivity index (χ0v) is 13.3. The first-order valence-corrected chi connectivity index (χ1v) is 7.73. The molecule has 0 saturated heterocycles. The number of esters is 1. The SMILES string of the molecule is Cc1cccc(NC(=O)COC(=O)/C=C/c2ccsc2)c1C. The van der Waals surface area contributed by atoms with Gasteiger partial charge in [0.05, 0.1) is 0 Å². The third-order valence-electron chi connectivity index (χ3n) is 3.18. The fourth-order valence-corrected chi connectivity index (χ4v) is 2.42. The summed E-state index contributed by atoms with van der Waals surface area (Å²) in [4.78, 5) is 23.3. The lowest BCUT2D eigenvalue weighted by molar-refractivity contribution is -0.142. The Morgan fingerprint density at radius 2 is 2.09 bits per heavy atom. The van der Waals surface area contributed by atoms with Gasteiger partial charge < -0.3 is 10.1 Å². The lowest BCUT2D eigenvalue weighted by Crippen LogP contribution is -2.20. The van der Waals surface area contributed by atoms with Gasteiger partial charge in [-0.05, 0) is 59.5 Å². The van der Waals surface area contributed by atoms with Gasteiger partial charge in [0.2, 0.25) is 0 Å². The van der Waals surface area contributed by atoms with Crippen molar-refractivity contribution in [3.05, 3.63) is 57.8 Å². The second-order valence-electron chi connectivity index (χ2n) is 4.79. The molecule has 0 spiro atoms. The van der Waals surface area contributed by atoms with Gasteiger partial charge in [-0.25, -0.2) is 4.79 Å². The summed E-state index contributed by atoms with van der Waals surface area (Å²) in [6.45, 7) is 3.60. The molecule has 0 aliphatic heterocycles. The maximum atomic E-state index is 11.8. The van der Waals surface area contributed by atoms with Gasteiger partial charge in [-0.3, -0.25) is 4.79 Å². The summed E-state index contributed by atoms with van der Waals surface area (Å²) in [5.74, 6) is -0.895. The van der Waals surface area contributed by atoms with Crippen molar-refractivity contribution in [2.45, 2.75) is 13.8 Å². The largest absolute Gasteiger partial charge is 0.452 e. The highest BCUT2D eigenvalue weighted by Crippen LogP contribution is 2.17. The molecule has 1 aromatic carbocycles. The summed E-state index contributed by atoms with van der Waals surface area (Å²) in [5, 5.41) is 6.57. The van der Waals surface area contributed by atoms with Crippen molar-refractivity contribution in [1.82, 2.24) is 0 Å². The van der Waals surface area contributed by atoms with Gasteiger partial charge in [0.25, 0.3) is 5.91 Å². The first kappa shape index (κ1) is 16.0. The van der Waals surface area contributed by atoms with E-state index < -0.39 is 5.97 Å². The van der Waals surface area contributed by atoms with Gasteiger partial charge in [0, 0.05) is 11.8 Å². The van der Waals surface area contributed by atoms with Crippen molar-refractivity contribution in [1.29, 1.82) is 0 Å². The van der Waals surface area contributed by atoms with Crippen LogP contribution in [0.5, 0.6) is 0 Å². The molecule has 4 nitrogen and oxygen atoms in total. The Kier molecular flexibility index (Phi) is 5.49. The van der Waals surface area contributed by atoms with Crippen molar-refractivity contribution < 1.29 is 14.3 Å². The molecule has 0 atom stereocenters. The van der Waals surface area contributed by atoms with E-state index in [4.69, 9.17) is 4.74 Å². The topological polar surface area (TPSA) is 55.4 Å². The van der Waals surface area contributed by atoms with Crippen molar-refractivity contribution in [3.63, 3.8) is 0 Å². The summed E-state index contributed by atoms with van der Waals surface area (Å²) in [7, 11) is 0. The fraction of sp³-hybridized carbons (Fsp3) is 0.176. The molecule has 1 heterocycles. The third kappa shape index (κ3) is 4.56. The number of hydrogen-bond donors (Lipinski definition) is 1. The van der Waals surface area contributed by atoms with Gasteiger partial charge in [-0.1, -0.05) is 12.1 Å². The minimum atomic E-state index is -0.540. The average Bonchev–Trinajstić information content (AvgIpc) is 3.01. The van der Waals surface area contributed by atoms with E-state index in [0.717, 1.165) is 22.4 Å². The van der Waals surface area contributed by atoms with Crippen LogP contribution in [0, 0.1) is 13.8 Å². The molecule has 114 valence electrons. The lowest BCUT2D eigenvalue weighted by atomic mass is 10.1. The molecule has 0 radical (unpaired) electrons. The number of hydrogen-bond acceptors (Lipinski definition) is 4. The van der Waals surface area contributed by atoms with E-state index in [-0.39, 0.29) is 12.5 Å². The monoisotopic (exact) mass is 315 g/mol. The highest BCUT2D eigenvalue weighted by molar-refractivity contribution is 7.08. The molecule has 0 aliphatic carbocycles. The van der Waals surface area contributed by atoms with Crippen LogP contribution < -0.4 is 5.32 Å². The number of thiophene rings is 1. The van der Waals surface area contributed by atoms with Gasteiger partial charge in [0.1, 0.15) is 0 Å². The Hall–Kier alpha value is -2.40. The second kappa shape index (κ2) is 7.56. The first-order valence-electron chi connectivity index (χ1n) is 6.79. The van der Waals surface area contributed by atoms with E-state index in [1.54, 1.807) is 17.4 Å². The van der Waals surface area contributed by atoms with Gasteiger partial charge in [-0.2, -0.15) is 11.3 Å². The van der Waals surface area contributed by atoms with E-state index in [1.165, 1.54) is 6.08 Å². The van der Waals surface area contributed by atoms with Crippen molar-refractivity contribution >= 4 is 35.0 Å². The summed E-state index contributed by atoms with van der Waals surface area (Å²) >= 11 is 1.55. The molecule has 0 bridgehead atoms. The lowest BCUT2D eigenvalue weighted by Gasteiger charge is -2.10. The minimum absolute atomic E-state index is 0.305. The quantitative estimate of drug-likeness (QED) is 0.678. The predicted octanol–water partition coefficient (Wildman–Crippen LogP) is 3.56. The Morgan fingerprint density at radius 3 is 2.82 bits per heavy atom. The number of carbonyl (C=O) groups excluding carboxylic acids is 2. The summed E-state index contributed by atoms with van der Waals surface area (Å²) in [6, 6.07) is 7.55. The Balaban J connectivity index is 1.82. The van der Waals surface area contributed by atoms with Crippen molar-refractivity contribution in [2.24, 2.45) is 0 Å². The van der Waals surface area contributed by atoms with Crippen LogP contribution in [0.1, 0.15) is 16.7 Å². The van der Waals surface area contributed by atoms with Crippen LogP contribution >= 0.6 is 11.3 Å². The number of aryl methyl sites for hydroxylation is 1. The number of ether oxygens (including phenoxy) is 1. The molecule has 22 heavy (non-hydrogen) atoms. The highest BCUT2D eigenvalue weighted by Gasteiger charge is 2.08. The number of amides is 1. The third-order valence-corrected chi connectivity index (χ3v) is 3.88. The van der Waals surface area contributed by atoms with Gasteiger partial charge in [-0.15, -0.1) is 0 Å². The van der Waals surface area contributed by atoms with Crippen LogP contribution in [0.2, 0.25) is 0 Å². The Bertz CT molecular complexity index is 690. The van der Waals surface area contributed by atoms with E-state index in [1.807, 2.05) is 48.9 Å². The summed E-state index contributed by atoms with van der Waals surface area (Å²) in [6.07, 6.45) is 2.97. The first-order chi connectivity index (χ1) is 10.6. The minimum Gasteiger partial charge on any atom is -0.452 e. The summed E-state index contributed by atoms with van der Waals surface area (Å²) in [5.41, 5.74) is 3.75. The molecule has 2 aromatic rings. The van der Waals surface area contributed by atoms with Crippen LogP contribution in [-0.2, 0) is 14.3 Å². The molecule has 0 unspecified atom stereocenters. The normalized spacial score (nSPS) is 10.6. The molecule has 1 aromatic heterocycles. The number of benzene rings is 1. The van der Waals surface area contributed by atoms with Crippen LogP contribution in [0.4, 0.5) is 5.69 Å². The molecule has 1 N–H and O–H groups in total. The Labute approximate surface area is 133 Å². The molecule has 0 saturated carbocycles. The van der Waals surface area contributed by atoms with E-state index in [9.17, 15) is 9.59 Å². The maximum Gasteiger partial charge on any atom is 0.331 e.